The maximum atomic E-state index is 13.3. The largest absolute Gasteiger partial charge is 0.333 e. The molecule has 0 aliphatic heterocycles. The number of benzene rings is 2. The maximum Gasteiger partial charge on any atom is 0.242 e. The smallest absolute Gasteiger partial charge is 0.242 e. The highest BCUT2D eigenvalue weighted by molar-refractivity contribution is 7.09. The molecule has 168 valence electrons. The first-order valence-corrected chi connectivity index (χ1v) is 11.8. The molecule has 0 fully saturated rings. The Labute approximate surface area is 193 Å². The Morgan fingerprint density at radius 1 is 0.844 bits per heavy atom. The Bertz CT molecular complexity index is 975. The normalized spacial score (nSPS) is 10.7. The molecule has 0 aliphatic carbocycles. The monoisotopic (exact) mass is 452 g/mol. The minimum atomic E-state index is -0.329. The molecule has 0 bridgehead atoms. The fraction of sp³-hybridized carbons (Fsp3) is 0.308. The van der Waals surface area contributed by atoms with Gasteiger partial charge in [0.15, 0.2) is 0 Å². The summed E-state index contributed by atoms with van der Waals surface area (Å²) >= 11 is 1.62. The lowest BCUT2D eigenvalue weighted by molar-refractivity contribution is -0.141. The van der Waals surface area contributed by atoms with Crippen molar-refractivity contribution in [1.82, 2.24) is 9.80 Å². The summed E-state index contributed by atoms with van der Waals surface area (Å²) < 4.78 is 13.2. The predicted octanol–water partition coefficient (Wildman–Crippen LogP) is 5.29. The van der Waals surface area contributed by atoms with Gasteiger partial charge in [0.1, 0.15) is 5.82 Å². The van der Waals surface area contributed by atoms with Gasteiger partial charge < -0.3 is 9.80 Å². The molecule has 0 spiro atoms. The molecule has 0 N–H and O–H groups in total. The topological polar surface area (TPSA) is 40.6 Å². The Morgan fingerprint density at radius 2 is 1.59 bits per heavy atom. The Morgan fingerprint density at radius 3 is 2.25 bits per heavy atom. The highest BCUT2D eigenvalue weighted by Crippen LogP contribution is 2.16. The summed E-state index contributed by atoms with van der Waals surface area (Å²) in [5.74, 6) is -0.524. The SMILES string of the molecule is CCCCN(CC(=O)N(Cc1ccccc1)Cc1cccs1)C(=O)Cc1ccc(F)cc1. The van der Waals surface area contributed by atoms with E-state index in [0.29, 0.717) is 19.6 Å². The number of amides is 2. The van der Waals surface area contributed by atoms with Crippen LogP contribution in [0.4, 0.5) is 4.39 Å². The molecule has 0 unspecified atom stereocenters. The van der Waals surface area contributed by atoms with E-state index in [0.717, 1.165) is 28.8 Å². The summed E-state index contributed by atoms with van der Waals surface area (Å²) in [5.41, 5.74) is 1.79. The van der Waals surface area contributed by atoms with Gasteiger partial charge in [-0.05, 0) is 41.1 Å². The second-order valence-electron chi connectivity index (χ2n) is 7.79. The van der Waals surface area contributed by atoms with Crippen molar-refractivity contribution in [3.05, 3.63) is 93.9 Å². The van der Waals surface area contributed by atoms with E-state index in [4.69, 9.17) is 0 Å². The Balaban J connectivity index is 1.72. The lowest BCUT2D eigenvalue weighted by Crippen LogP contribution is -2.43. The molecule has 3 rings (SSSR count). The van der Waals surface area contributed by atoms with E-state index < -0.39 is 0 Å². The summed E-state index contributed by atoms with van der Waals surface area (Å²) in [6.07, 6.45) is 1.91. The summed E-state index contributed by atoms with van der Waals surface area (Å²) in [6.45, 7) is 3.63. The van der Waals surface area contributed by atoms with E-state index in [1.165, 1.54) is 12.1 Å². The first-order valence-electron chi connectivity index (χ1n) is 10.9. The van der Waals surface area contributed by atoms with Crippen LogP contribution in [0.2, 0.25) is 0 Å². The van der Waals surface area contributed by atoms with Crippen molar-refractivity contribution in [2.75, 3.05) is 13.1 Å². The van der Waals surface area contributed by atoms with E-state index in [1.54, 1.807) is 28.4 Å². The van der Waals surface area contributed by atoms with Crippen LogP contribution in [0.15, 0.2) is 72.1 Å². The molecular formula is C26H29FN2O2S. The molecule has 0 radical (unpaired) electrons. The van der Waals surface area contributed by atoms with Gasteiger partial charge in [0, 0.05) is 18.0 Å². The molecule has 2 amide bonds. The van der Waals surface area contributed by atoms with E-state index in [2.05, 4.69) is 6.92 Å². The number of carbonyl (C=O) groups is 2. The van der Waals surface area contributed by atoms with Crippen LogP contribution in [0.3, 0.4) is 0 Å². The Hall–Kier alpha value is -2.99. The fourth-order valence-corrected chi connectivity index (χ4v) is 4.14. The maximum absolute atomic E-state index is 13.3. The average Bonchev–Trinajstić information content (AvgIpc) is 3.31. The van der Waals surface area contributed by atoms with Crippen LogP contribution in [-0.4, -0.2) is 34.7 Å². The van der Waals surface area contributed by atoms with Crippen LogP contribution < -0.4 is 0 Å². The van der Waals surface area contributed by atoms with Gasteiger partial charge in [-0.25, -0.2) is 4.39 Å². The zero-order chi connectivity index (χ0) is 22.8. The molecule has 4 nitrogen and oxygen atoms in total. The Kier molecular flexibility index (Phi) is 8.99. The van der Waals surface area contributed by atoms with Crippen LogP contribution in [0.25, 0.3) is 0 Å². The van der Waals surface area contributed by atoms with Crippen LogP contribution in [-0.2, 0) is 29.1 Å². The summed E-state index contributed by atoms with van der Waals surface area (Å²) in [4.78, 5) is 30.9. The number of carbonyl (C=O) groups excluding carboxylic acids is 2. The number of hydrogen-bond donors (Lipinski definition) is 0. The molecule has 0 saturated heterocycles. The van der Waals surface area contributed by atoms with Gasteiger partial charge in [0.25, 0.3) is 0 Å². The number of thiophene rings is 1. The van der Waals surface area contributed by atoms with E-state index in [-0.39, 0.29) is 30.6 Å². The average molecular weight is 453 g/mol. The highest BCUT2D eigenvalue weighted by atomic mass is 32.1. The van der Waals surface area contributed by atoms with Crippen molar-refractivity contribution in [3.8, 4) is 0 Å². The predicted molar refractivity (Wildman–Crippen MR) is 127 cm³/mol. The molecule has 32 heavy (non-hydrogen) atoms. The summed E-state index contributed by atoms with van der Waals surface area (Å²) in [7, 11) is 0. The lowest BCUT2D eigenvalue weighted by Gasteiger charge is -2.28. The third-order valence-electron chi connectivity index (χ3n) is 5.22. The lowest BCUT2D eigenvalue weighted by atomic mass is 10.1. The van der Waals surface area contributed by atoms with Gasteiger partial charge in [0.2, 0.25) is 11.8 Å². The van der Waals surface area contributed by atoms with Crippen LogP contribution in [0, 0.1) is 5.82 Å². The van der Waals surface area contributed by atoms with Gasteiger partial charge in [-0.1, -0.05) is 61.9 Å². The molecule has 0 saturated carbocycles. The third-order valence-corrected chi connectivity index (χ3v) is 6.09. The van der Waals surface area contributed by atoms with Gasteiger partial charge in [0.05, 0.1) is 19.5 Å². The summed E-state index contributed by atoms with van der Waals surface area (Å²) in [5, 5.41) is 2.00. The highest BCUT2D eigenvalue weighted by Gasteiger charge is 2.22. The molecule has 0 aliphatic rings. The van der Waals surface area contributed by atoms with Crippen LogP contribution >= 0.6 is 11.3 Å². The first-order chi connectivity index (χ1) is 15.5. The van der Waals surface area contributed by atoms with Gasteiger partial charge >= 0.3 is 0 Å². The van der Waals surface area contributed by atoms with Crippen molar-refractivity contribution in [2.45, 2.75) is 39.3 Å². The molecule has 1 aromatic heterocycles. The zero-order valence-corrected chi connectivity index (χ0v) is 19.2. The second-order valence-corrected chi connectivity index (χ2v) is 8.82. The molecular weight excluding hydrogens is 423 g/mol. The first kappa shape index (κ1) is 23.7. The minimum Gasteiger partial charge on any atom is -0.333 e. The molecule has 3 aromatic rings. The summed E-state index contributed by atoms with van der Waals surface area (Å²) in [6, 6.07) is 19.8. The molecule has 6 heteroatoms. The number of nitrogens with zero attached hydrogens (tertiary/aromatic N) is 2. The molecule has 1 heterocycles. The van der Waals surface area contributed by atoms with E-state index in [1.807, 2.05) is 52.7 Å². The number of rotatable bonds is 11. The molecule has 0 atom stereocenters. The molecule has 2 aromatic carbocycles. The standard InChI is InChI=1S/C26H29FN2O2S/c1-2-3-15-28(25(30)17-21-11-13-23(27)14-12-21)20-26(31)29(19-24-10-7-16-32-24)18-22-8-5-4-6-9-22/h4-14,16H,2-3,15,17-20H2,1H3. The van der Waals surface area contributed by atoms with E-state index >= 15 is 0 Å². The van der Waals surface area contributed by atoms with Gasteiger partial charge in [-0.3, -0.25) is 9.59 Å². The zero-order valence-electron chi connectivity index (χ0n) is 18.4. The quantitative estimate of drug-likeness (QED) is 0.397. The van der Waals surface area contributed by atoms with Gasteiger partial charge in [-0.15, -0.1) is 11.3 Å². The third kappa shape index (κ3) is 7.31. The van der Waals surface area contributed by atoms with Crippen molar-refractivity contribution in [3.63, 3.8) is 0 Å². The van der Waals surface area contributed by atoms with Crippen LogP contribution in [0.1, 0.15) is 35.8 Å². The van der Waals surface area contributed by atoms with Crippen molar-refractivity contribution in [2.24, 2.45) is 0 Å². The van der Waals surface area contributed by atoms with Gasteiger partial charge in [-0.2, -0.15) is 0 Å². The fourth-order valence-electron chi connectivity index (χ4n) is 3.42. The van der Waals surface area contributed by atoms with E-state index in [9.17, 15) is 14.0 Å². The van der Waals surface area contributed by atoms with Crippen molar-refractivity contribution >= 4 is 23.2 Å². The minimum absolute atomic E-state index is 0.0399. The second kappa shape index (κ2) is 12.2. The van der Waals surface area contributed by atoms with Crippen molar-refractivity contribution < 1.29 is 14.0 Å². The number of hydrogen-bond acceptors (Lipinski definition) is 3. The number of unbranched alkanes of at least 4 members (excludes halogenated alkanes) is 1. The number of halogens is 1. The van der Waals surface area contributed by atoms with Crippen molar-refractivity contribution in [1.29, 1.82) is 0 Å². The van der Waals surface area contributed by atoms with Crippen LogP contribution in [0.5, 0.6) is 0 Å².